The molecule has 0 fully saturated rings. The fourth-order valence-corrected chi connectivity index (χ4v) is 3.71. The number of amides is 1. The smallest absolute Gasteiger partial charge is 0.316 e. The minimum absolute atomic E-state index is 0.0276. The van der Waals surface area contributed by atoms with Gasteiger partial charge in [-0.15, -0.1) is 11.8 Å². The Labute approximate surface area is 186 Å². The maximum Gasteiger partial charge on any atom is 0.316 e. The maximum atomic E-state index is 12.1. The molecule has 1 amide bonds. The van der Waals surface area contributed by atoms with E-state index in [1.807, 2.05) is 32.0 Å². The van der Waals surface area contributed by atoms with Crippen LogP contribution in [0.25, 0.3) is 5.65 Å². The van der Waals surface area contributed by atoms with Crippen LogP contribution in [-0.4, -0.2) is 32.8 Å². The second-order valence-electron chi connectivity index (χ2n) is 6.68. The number of carbonyl (C=O) groups excluding carboxylic acids is 2. The van der Waals surface area contributed by atoms with Crippen LogP contribution in [0.4, 0.5) is 5.69 Å². The molecule has 0 unspecified atom stereocenters. The minimum atomic E-state index is -0.475. The van der Waals surface area contributed by atoms with E-state index in [0.717, 1.165) is 33.0 Å². The molecule has 0 aliphatic rings. The van der Waals surface area contributed by atoms with Crippen molar-refractivity contribution < 1.29 is 14.3 Å². The predicted octanol–water partition coefficient (Wildman–Crippen LogP) is 3.49. The van der Waals surface area contributed by atoms with Crippen LogP contribution >= 0.6 is 27.7 Å². The Kier molecular flexibility index (Phi) is 7.28. The van der Waals surface area contributed by atoms with Crippen LogP contribution in [0, 0.1) is 13.8 Å². The number of nitrogens with one attached hydrogen (secondary N) is 1. The lowest BCUT2D eigenvalue weighted by molar-refractivity contribution is -0.141. The predicted molar refractivity (Wildman–Crippen MR) is 121 cm³/mol. The lowest BCUT2D eigenvalue weighted by Crippen LogP contribution is -2.18. The van der Waals surface area contributed by atoms with Gasteiger partial charge in [-0.1, -0.05) is 17.7 Å². The molecule has 0 saturated heterocycles. The fourth-order valence-electron chi connectivity index (χ4n) is 2.76. The molecular weight excluding hydrogens is 470 g/mol. The van der Waals surface area contributed by atoms with Crippen molar-refractivity contribution in [3.8, 4) is 0 Å². The van der Waals surface area contributed by atoms with E-state index >= 15 is 0 Å². The number of esters is 1. The molecule has 0 aliphatic carbocycles. The number of benzene rings is 1. The zero-order chi connectivity index (χ0) is 21.7. The van der Waals surface area contributed by atoms with E-state index in [1.54, 1.807) is 18.3 Å². The number of pyridine rings is 1. The van der Waals surface area contributed by atoms with Gasteiger partial charge in [0.15, 0.2) is 0 Å². The molecule has 2 heterocycles. The third-order valence-corrected chi connectivity index (χ3v) is 5.54. The average Bonchev–Trinajstić information content (AvgIpc) is 2.69. The summed E-state index contributed by atoms with van der Waals surface area (Å²) in [4.78, 5) is 40.5. The van der Waals surface area contributed by atoms with Crippen molar-refractivity contribution >= 4 is 50.9 Å². The molecule has 1 N–H and O–H groups in total. The monoisotopic (exact) mass is 489 g/mol. The van der Waals surface area contributed by atoms with Gasteiger partial charge in [-0.2, -0.15) is 0 Å². The zero-order valence-corrected chi connectivity index (χ0v) is 18.9. The highest BCUT2D eigenvalue weighted by Gasteiger charge is 2.10. The van der Waals surface area contributed by atoms with Gasteiger partial charge in [-0.05, 0) is 53.5 Å². The molecule has 156 valence electrons. The number of nitrogens with zero attached hydrogens (tertiary/aromatic N) is 2. The SMILES string of the molecule is Cc1ccc(NC(=O)CSCC(=O)OCc2cc(=O)n3cc(Br)ccc3n2)c(C)c1. The van der Waals surface area contributed by atoms with Gasteiger partial charge in [0.25, 0.3) is 5.56 Å². The summed E-state index contributed by atoms with van der Waals surface area (Å²) in [6.45, 7) is 3.82. The first-order valence-electron chi connectivity index (χ1n) is 9.10. The number of thioether (sulfide) groups is 1. The van der Waals surface area contributed by atoms with Crippen LogP contribution < -0.4 is 10.9 Å². The summed E-state index contributed by atoms with van der Waals surface area (Å²) in [6.07, 6.45) is 1.63. The number of hydrogen-bond donors (Lipinski definition) is 1. The van der Waals surface area contributed by atoms with Crippen LogP contribution in [0.2, 0.25) is 0 Å². The Bertz CT molecular complexity index is 1160. The van der Waals surface area contributed by atoms with Crippen LogP contribution in [-0.2, 0) is 20.9 Å². The number of halogens is 1. The first kappa shape index (κ1) is 22.0. The zero-order valence-electron chi connectivity index (χ0n) is 16.5. The van der Waals surface area contributed by atoms with E-state index < -0.39 is 5.97 Å². The second kappa shape index (κ2) is 9.90. The minimum Gasteiger partial charge on any atom is -0.459 e. The van der Waals surface area contributed by atoms with Crippen molar-refractivity contribution in [2.45, 2.75) is 20.5 Å². The summed E-state index contributed by atoms with van der Waals surface area (Å²) in [7, 11) is 0. The van der Waals surface area contributed by atoms with Crippen molar-refractivity contribution in [2.75, 3.05) is 16.8 Å². The Morgan fingerprint density at radius 3 is 2.73 bits per heavy atom. The first-order valence-corrected chi connectivity index (χ1v) is 11.0. The Hall–Kier alpha value is -2.65. The van der Waals surface area contributed by atoms with Crippen molar-refractivity contribution in [1.82, 2.24) is 9.38 Å². The summed E-state index contributed by atoms with van der Waals surface area (Å²) in [5, 5.41) is 2.83. The van der Waals surface area contributed by atoms with E-state index in [0.29, 0.717) is 11.3 Å². The van der Waals surface area contributed by atoms with Crippen molar-refractivity contribution in [3.63, 3.8) is 0 Å². The second-order valence-corrected chi connectivity index (χ2v) is 8.58. The van der Waals surface area contributed by atoms with Crippen molar-refractivity contribution in [1.29, 1.82) is 0 Å². The van der Waals surface area contributed by atoms with E-state index in [9.17, 15) is 14.4 Å². The van der Waals surface area contributed by atoms with Crippen molar-refractivity contribution in [3.05, 3.63) is 74.2 Å². The maximum absolute atomic E-state index is 12.1. The van der Waals surface area contributed by atoms with Crippen LogP contribution in [0.15, 0.2) is 51.9 Å². The lowest BCUT2D eigenvalue weighted by atomic mass is 10.1. The molecule has 3 rings (SSSR count). The number of hydrogen-bond acceptors (Lipinski definition) is 6. The molecule has 0 aliphatic heterocycles. The summed E-state index contributed by atoms with van der Waals surface area (Å²) in [5.41, 5.74) is 3.44. The number of aryl methyl sites for hydroxylation is 2. The quantitative estimate of drug-likeness (QED) is 0.510. The standard InChI is InChI=1S/C21H20BrN3O4S/c1-13-3-5-17(14(2)7-13)24-19(26)11-30-12-21(28)29-10-16-8-20(27)25-9-15(22)4-6-18(25)23-16/h3-9H,10-12H2,1-2H3,(H,24,26). The number of anilines is 1. The molecule has 3 aromatic rings. The van der Waals surface area contributed by atoms with Crippen LogP contribution in [0.1, 0.15) is 16.8 Å². The average molecular weight is 490 g/mol. The highest BCUT2D eigenvalue weighted by Crippen LogP contribution is 2.16. The Morgan fingerprint density at radius 1 is 1.17 bits per heavy atom. The number of rotatable bonds is 7. The van der Waals surface area contributed by atoms with E-state index in [4.69, 9.17) is 4.74 Å². The number of ether oxygens (including phenoxy) is 1. The summed E-state index contributed by atoms with van der Waals surface area (Å²) in [5.74, 6) is -0.501. The van der Waals surface area contributed by atoms with Gasteiger partial charge < -0.3 is 10.1 Å². The van der Waals surface area contributed by atoms with Crippen LogP contribution in [0.5, 0.6) is 0 Å². The normalized spacial score (nSPS) is 10.8. The lowest BCUT2D eigenvalue weighted by Gasteiger charge is -2.09. The molecule has 0 radical (unpaired) electrons. The topological polar surface area (TPSA) is 89.8 Å². The van der Waals surface area contributed by atoms with Gasteiger partial charge in [0.1, 0.15) is 12.3 Å². The molecular formula is C21H20BrN3O4S. The Balaban J connectivity index is 1.46. The van der Waals surface area contributed by atoms with Gasteiger partial charge in [0.05, 0.1) is 17.2 Å². The molecule has 9 heteroatoms. The fraction of sp³-hybridized carbons (Fsp3) is 0.238. The number of fused-ring (bicyclic) bond motifs is 1. The van der Waals surface area contributed by atoms with E-state index in [-0.39, 0.29) is 29.6 Å². The number of carbonyl (C=O) groups is 2. The third kappa shape index (κ3) is 5.93. The highest BCUT2D eigenvalue weighted by molar-refractivity contribution is 9.10. The van der Waals surface area contributed by atoms with Gasteiger partial charge in [-0.25, -0.2) is 4.98 Å². The molecule has 1 aromatic carbocycles. The summed E-state index contributed by atoms with van der Waals surface area (Å²) >= 11 is 4.47. The first-order chi connectivity index (χ1) is 14.3. The van der Waals surface area contributed by atoms with Crippen LogP contribution in [0.3, 0.4) is 0 Å². The Morgan fingerprint density at radius 2 is 1.97 bits per heavy atom. The van der Waals surface area contributed by atoms with Crippen molar-refractivity contribution in [2.24, 2.45) is 0 Å². The molecule has 0 saturated carbocycles. The molecule has 7 nitrogen and oxygen atoms in total. The summed E-state index contributed by atoms with van der Waals surface area (Å²) in [6, 6.07) is 10.6. The molecule has 2 aromatic heterocycles. The molecule has 0 atom stereocenters. The molecule has 0 spiro atoms. The summed E-state index contributed by atoms with van der Waals surface area (Å²) < 4.78 is 7.34. The van der Waals surface area contributed by atoms with Gasteiger partial charge in [-0.3, -0.25) is 18.8 Å². The van der Waals surface area contributed by atoms with Gasteiger partial charge >= 0.3 is 5.97 Å². The van der Waals surface area contributed by atoms with Gasteiger partial charge in [0, 0.05) is 22.4 Å². The van der Waals surface area contributed by atoms with Gasteiger partial charge in [0.2, 0.25) is 5.91 Å². The third-order valence-electron chi connectivity index (χ3n) is 4.17. The number of aromatic nitrogens is 2. The molecule has 30 heavy (non-hydrogen) atoms. The van der Waals surface area contributed by atoms with E-state index in [1.165, 1.54) is 10.5 Å². The highest BCUT2D eigenvalue weighted by atomic mass is 79.9. The largest absolute Gasteiger partial charge is 0.459 e. The molecule has 0 bridgehead atoms. The van der Waals surface area contributed by atoms with E-state index in [2.05, 4.69) is 26.2 Å².